The molecule has 1 aromatic heterocycles. The van der Waals surface area contributed by atoms with Crippen LogP contribution in [0.5, 0.6) is 0 Å². The van der Waals surface area contributed by atoms with Crippen LogP contribution in [0.1, 0.15) is 49.7 Å². The van der Waals surface area contributed by atoms with E-state index in [2.05, 4.69) is 71.7 Å². The van der Waals surface area contributed by atoms with Crippen LogP contribution in [-0.4, -0.2) is 21.9 Å². The summed E-state index contributed by atoms with van der Waals surface area (Å²) in [6.45, 7) is 5.74. The van der Waals surface area contributed by atoms with E-state index in [1.807, 2.05) is 0 Å². The third-order valence-electron chi connectivity index (χ3n) is 5.03. The number of nitrogens with zero attached hydrogens (tertiary/aromatic N) is 2. The third kappa shape index (κ3) is 3.50. The number of oxime groups is 1. The summed E-state index contributed by atoms with van der Waals surface area (Å²) in [6, 6.07) is 14.7. The molecule has 5 nitrogen and oxygen atoms in total. The lowest BCUT2D eigenvalue weighted by Gasteiger charge is -2.29. The smallest absolute Gasteiger partial charge is 0.318 e. The maximum absolute atomic E-state index is 11.3. The third-order valence-corrected chi connectivity index (χ3v) is 5.03. The molecule has 1 aliphatic rings. The first-order chi connectivity index (χ1) is 12.9. The van der Waals surface area contributed by atoms with E-state index in [-0.39, 0.29) is 5.41 Å². The Morgan fingerprint density at radius 2 is 1.96 bits per heavy atom. The molecule has 0 fully saturated rings. The fourth-order valence-corrected chi connectivity index (χ4v) is 3.92. The number of aromatic nitrogens is 2. The lowest BCUT2D eigenvalue weighted by Crippen LogP contribution is -2.28. The fraction of sp³-hybridized carbons (Fsp3) is 0.318. The minimum atomic E-state index is -0.411. The molecule has 0 atom stereocenters. The molecule has 0 saturated carbocycles. The van der Waals surface area contributed by atoms with Gasteiger partial charge in [-0.05, 0) is 34.6 Å². The lowest BCUT2D eigenvalue weighted by molar-refractivity contribution is -0.140. The number of fused-ring (bicyclic) bond motifs is 2. The van der Waals surface area contributed by atoms with Crippen LogP contribution in [0.15, 0.2) is 47.6 Å². The van der Waals surface area contributed by atoms with Crippen LogP contribution in [0.2, 0.25) is 0 Å². The lowest BCUT2D eigenvalue weighted by atomic mass is 9.75. The Morgan fingerprint density at radius 1 is 1.19 bits per heavy atom. The maximum atomic E-state index is 11.3. The summed E-state index contributed by atoms with van der Waals surface area (Å²) in [6.07, 6.45) is 2.34. The number of aromatic amines is 1. The maximum Gasteiger partial charge on any atom is 0.331 e. The van der Waals surface area contributed by atoms with Gasteiger partial charge in [0.2, 0.25) is 0 Å². The first kappa shape index (κ1) is 17.5. The summed E-state index contributed by atoms with van der Waals surface area (Å²) in [5, 5.41) is 14.4. The summed E-state index contributed by atoms with van der Waals surface area (Å²) in [4.78, 5) is 16.3. The Hall–Kier alpha value is -2.95. The number of rotatable bonds is 3. The van der Waals surface area contributed by atoms with Gasteiger partial charge in [0.1, 0.15) is 0 Å². The van der Waals surface area contributed by atoms with Gasteiger partial charge in [-0.3, -0.25) is 5.10 Å². The van der Waals surface area contributed by atoms with Gasteiger partial charge >= 0.3 is 5.97 Å². The highest BCUT2D eigenvalue weighted by atomic mass is 16.7. The standard InChI is InChI=1S/C22H23N3O2/c1-14(26)27-25-20-13-22(2,3)12-19-21(20)18(23-24-19)11-16-9-6-8-15-7-4-5-10-17(15)16/h4-10H,11-13H2,1-3H3,(H,23,24)/b25-20+. The summed E-state index contributed by atoms with van der Waals surface area (Å²) >= 11 is 0. The van der Waals surface area contributed by atoms with Crippen LogP contribution in [-0.2, 0) is 22.5 Å². The molecular weight excluding hydrogens is 338 g/mol. The Kier molecular flexibility index (Phi) is 4.30. The van der Waals surface area contributed by atoms with Gasteiger partial charge in [-0.15, -0.1) is 0 Å². The van der Waals surface area contributed by atoms with E-state index in [4.69, 9.17) is 4.84 Å². The molecule has 0 aliphatic heterocycles. The molecule has 0 bridgehead atoms. The second kappa shape index (κ2) is 6.65. The molecule has 0 saturated heterocycles. The van der Waals surface area contributed by atoms with Crippen molar-refractivity contribution in [2.45, 2.75) is 40.0 Å². The monoisotopic (exact) mass is 361 g/mol. The zero-order valence-electron chi connectivity index (χ0n) is 15.9. The predicted octanol–water partition coefficient (Wildman–Crippen LogP) is 4.39. The number of carbonyl (C=O) groups is 1. The second-order valence-corrected chi connectivity index (χ2v) is 7.98. The number of hydrogen-bond donors (Lipinski definition) is 1. The predicted molar refractivity (Wildman–Crippen MR) is 106 cm³/mol. The van der Waals surface area contributed by atoms with Gasteiger partial charge < -0.3 is 4.84 Å². The van der Waals surface area contributed by atoms with E-state index in [0.29, 0.717) is 6.42 Å². The Morgan fingerprint density at radius 3 is 2.78 bits per heavy atom. The quantitative estimate of drug-likeness (QED) is 0.555. The topological polar surface area (TPSA) is 67.3 Å². The number of carbonyl (C=O) groups excluding carboxylic acids is 1. The normalized spacial score (nSPS) is 17.1. The van der Waals surface area contributed by atoms with Crippen LogP contribution in [0.3, 0.4) is 0 Å². The Labute approximate surface area is 158 Å². The molecule has 1 aliphatic carbocycles. The van der Waals surface area contributed by atoms with E-state index in [1.54, 1.807) is 0 Å². The Balaban J connectivity index is 1.77. The van der Waals surface area contributed by atoms with E-state index in [0.717, 1.165) is 35.5 Å². The fourth-order valence-electron chi connectivity index (χ4n) is 3.92. The number of hydrogen-bond acceptors (Lipinski definition) is 4. The summed E-state index contributed by atoms with van der Waals surface area (Å²) in [7, 11) is 0. The number of benzene rings is 2. The zero-order valence-corrected chi connectivity index (χ0v) is 15.9. The first-order valence-corrected chi connectivity index (χ1v) is 9.20. The minimum Gasteiger partial charge on any atom is -0.318 e. The molecule has 1 heterocycles. The second-order valence-electron chi connectivity index (χ2n) is 7.98. The molecule has 3 aromatic rings. The molecule has 138 valence electrons. The Bertz CT molecular complexity index is 1040. The van der Waals surface area contributed by atoms with Crippen molar-refractivity contribution in [3.05, 3.63) is 65.0 Å². The highest BCUT2D eigenvalue weighted by Crippen LogP contribution is 2.36. The molecule has 0 spiro atoms. The highest BCUT2D eigenvalue weighted by molar-refractivity contribution is 6.04. The van der Waals surface area contributed by atoms with E-state index in [9.17, 15) is 4.79 Å². The molecule has 1 N–H and O–H groups in total. The van der Waals surface area contributed by atoms with E-state index < -0.39 is 5.97 Å². The molecule has 0 radical (unpaired) electrons. The van der Waals surface area contributed by atoms with Gasteiger partial charge in [0.15, 0.2) is 0 Å². The van der Waals surface area contributed by atoms with Crippen molar-refractivity contribution in [2.75, 3.05) is 0 Å². The molecule has 5 heteroatoms. The van der Waals surface area contributed by atoms with Crippen LogP contribution >= 0.6 is 0 Å². The van der Waals surface area contributed by atoms with Crippen molar-refractivity contribution >= 4 is 22.5 Å². The SMILES string of the molecule is CC(=O)O/N=C1\CC(C)(C)Cc2[nH]nc(Cc3cccc4ccccc34)c21. The van der Waals surface area contributed by atoms with Gasteiger partial charge in [-0.1, -0.05) is 61.5 Å². The van der Waals surface area contributed by atoms with E-state index >= 15 is 0 Å². The zero-order chi connectivity index (χ0) is 19.0. The highest BCUT2D eigenvalue weighted by Gasteiger charge is 2.34. The van der Waals surface area contributed by atoms with Crippen LogP contribution in [0, 0.1) is 5.41 Å². The average Bonchev–Trinajstić information content (AvgIpc) is 3.01. The van der Waals surface area contributed by atoms with Crippen molar-refractivity contribution in [2.24, 2.45) is 10.6 Å². The average molecular weight is 361 g/mol. The molecule has 0 unspecified atom stereocenters. The van der Waals surface area contributed by atoms with Gasteiger partial charge in [0.25, 0.3) is 0 Å². The van der Waals surface area contributed by atoms with E-state index in [1.165, 1.54) is 23.3 Å². The number of H-pyrrole nitrogens is 1. The molecule has 0 amide bonds. The summed E-state index contributed by atoms with van der Waals surface area (Å²) < 4.78 is 0. The summed E-state index contributed by atoms with van der Waals surface area (Å²) in [5.74, 6) is -0.411. The van der Waals surface area contributed by atoms with Crippen LogP contribution in [0.25, 0.3) is 10.8 Å². The molecular formula is C22H23N3O2. The van der Waals surface area contributed by atoms with Crippen molar-refractivity contribution in [1.82, 2.24) is 10.2 Å². The van der Waals surface area contributed by atoms with Gasteiger partial charge in [0.05, 0.1) is 11.4 Å². The van der Waals surface area contributed by atoms with Gasteiger partial charge in [-0.2, -0.15) is 5.10 Å². The minimum absolute atomic E-state index is 0.0369. The van der Waals surface area contributed by atoms with Crippen LogP contribution < -0.4 is 0 Å². The van der Waals surface area contributed by atoms with Crippen molar-refractivity contribution in [3.63, 3.8) is 0 Å². The van der Waals surface area contributed by atoms with Crippen molar-refractivity contribution in [1.29, 1.82) is 0 Å². The largest absolute Gasteiger partial charge is 0.331 e. The number of nitrogens with one attached hydrogen (secondary N) is 1. The van der Waals surface area contributed by atoms with Gasteiger partial charge in [0, 0.05) is 24.6 Å². The van der Waals surface area contributed by atoms with Crippen LogP contribution in [0.4, 0.5) is 0 Å². The molecule has 4 rings (SSSR count). The molecule has 27 heavy (non-hydrogen) atoms. The first-order valence-electron chi connectivity index (χ1n) is 9.20. The summed E-state index contributed by atoms with van der Waals surface area (Å²) in [5.41, 5.74) is 5.06. The van der Waals surface area contributed by atoms with Gasteiger partial charge in [-0.25, -0.2) is 4.79 Å². The van der Waals surface area contributed by atoms with Crippen molar-refractivity contribution < 1.29 is 9.63 Å². The van der Waals surface area contributed by atoms with Crippen molar-refractivity contribution in [3.8, 4) is 0 Å². The molecule has 2 aromatic carbocycles.